The lowest BCUT2D eigenvalue weighted by molar-refractivity contribution is -0.116. The molecule has 4 rings (SSSR count). The molecule has 0 saturated heterocycles. The number of aromatic nitrogens is 2. The first-order chi connectivity index (χ1) is 13.0. The molecule has 0 bridgehead atoms. The van der Waals surface area contributed by atoms with Crippen molar-refractivity contribution in [2.75, 3.05) is 10.7 Å². The van der Waals surface area contributed by atoms with Gasteiger partial charge in [-0.3, -0.25) is 4.79 Å². The van der Waals surface area contributed by atoms with Gasteiger partial charge in [-0.05, 0) is 61.5 Å². The highest BCUT2D eigenvalue weighted by Gasteiger charge is 2.30. The zero-order valence-electron chi connectivity index (χ0n) is 14.5. The van der Waals surface area contributed by atoms with Crippen molar-refractivity contribution in [1.82, 2.24) is 9.78 Å². The number of hydrogen-bond donors (Lipinski definition) is 0. The van der Waals surface area contributed by atoms with Crippen LogP contribution in [-0.4, -0.2) is 27.5 Å². The van der Waals surface area contributed by atoms with Crippen LogP contribution in [-0.2, 0) is 11.2 Å². The highest BCUT2D eigenvalue weighted by atomic mass is 32.2. The van der Waals surface area contributed by atoms with Crippen LogP contribution >= 0.6 is 35.3 Å². The van der Waals surface area contributed by atoms with Gasteiger partial charge in [0, 0.05) is 11.7 Å². The molecule has 0 spiro atoms. The van der Waals surface area contributed by atoms with Gasteiger partial charge in [-0.2, -0.15) is 0 Å². The number of carbonyl (C=O) groups excluding carboxylic acids is 1. The van der Waals surface area contributed by atoms with E-state index in [4.69, 9.17) is 12.2 Å². The zero-order chi connectivity index (χ0) is 19.0. The molecule has 1 aliphatic heterocycles. The van der Waals surface area contributed by atoms with Gasteiger partial charge in [0.15, 0.2) is 8.29 Å². The number of para-hydroxylation sites is 1. The number of anilines is 1. The van der Waals surface area contributed by atoms with E-state index in [-0.39, 0.29) is 17.8 Å². The van der Waals surface area contributed by atoms with Gasteiger partial charge < -0.3 is 4.90 Å². The standard InChI is InChI=1S/C19H16FN3OS3/c1-12-10-13-4-2-3-5-16(13)22(12)17(24)11-26-18-21-23(19(25)27-18)15-8-6-14(20)7-9-15/h2-9,12H,10-11H2,1H3. The molecule has 1 unspecified atom stereocenters. The molecule has 4 nitrogen and oxygen atoms in total. The minimum atomic E-state index is -0.305. The molecular weight excluding hydrogens is 401 g/mol. The number of fused-ring (bicyclic) bond motifs is 1. The van der Waals surface area contributed by atoms with Crippen LogP contribution in [0, 0.1) is 9.77 Å². The maximum atomic E-state index is 13.1. The summed E-state index contributed by atoms with van der Waals surface area (Å²) in [5.41, 5.74) is 2.91. The molecule has 1 atom stereocenters. The third kappa shape index (κ3) is 3.69. The molecule has 138 valence electrons. The predicted octanol–water partition coefficient (Wildman–Crippen LogP) is 4.87. The van der Waals surface area contributed by atoms with Crippen LogP contribution in [0.3, 0.4) is 0 Å². The second-order valence-corrected chi connectivity index (χ2v) is 9.10. The molecular formula is C19H16FN3OS3. The molecule has 8 heteroatoms. The fourth-order valence-corrected chi connectivity index (χ4v) is 5.42. The van der Waals surface area contributed by atoms with Crippen molar-refractivity contribution >= 4 is 46.9 Å². The zero-order valence-corrected chi connectivity index (χ0v) is 16.9. The third-order valence-corrected chi connectivity index (χ3v) is 6.75. The molecule has 1 aliphatic rings. The number of rotatable bonds is 4. The highest BCUT2D eigenvalue weighted by molar-refractivity contribution is 8.01. The van der Waals surface area contributed by atoms with E-state index in [0.29, 0.717) is 15.4 Å². The lowest BCUT2D eigenvalue weighted by Gasteiger charge is -2.22. The molecule has 0 N–H and O–H groups in total. The summed E-state index contributed by atoms with van der Waals surface area (Å²) in [6.45, 7) is 2.07. The van der Waals surface area contributed by atoms with Crippen molar-refractivity contribution < 1.29 is 9.18 Å². The maximum Gasteiger partial charge on any atom is 0.237 e. The lowest BCUT2D eigenvalue weighted by Crippen LogP contribution is -2.36. The second-order valence-electron chi connectivity index (χ2n) is 6.26. The fourth-order valence-electron chi connectivity index (χ4n) is 3.20. The van der Waals surface area contributed by atoms with Gasteiger partial charge in [-0.1, -0.05) is 41.3 Å². The van der Waals surface area contributed by atoms with E-state index < -0.39 is 0 Å². The van der Waals surface area contributed by atoms with Gasteiger partial charge in [-0.25, -0.2) is 9.07 Å². The molecule has 1 amide bonds. The summed E-state index contributed by atoms with van der Waals surface area (Å²) in [6.07, 6.45) is 0.880. The number of halogens is 1. The minimum absolute atomic E-state index is 0.0619. The molecule has 0 fully saturated rings. The normalized spacial score (nSPS) is 15.8. The first-order valence-electron chi connectivity index (χ1n) is 8.42. The summed E-state index contributed by atoms with van der Waals surface area (Å²) in [4.78, 5) is 14.7. The summed E-state index contributed by atoms with van der Waals surface area (Å²) in [6, 6.07) is 14.2. The van der Waals surface area contributed by atoms with Crippen LogP contribution < -0.4 is 4.90 Å². The van der Waals surface area contributed by atoms with Crippen molar-refractivity contribution in [2.45, 2.75) is 23.7 Å². The van der Waals surface area contributed by atoms with Crippen molar-refractivity contribution in [3.05, 3.63) is 63.9 Å². The van der Waals surface area contributed by atoms with E-state index in [1.165, 1.54) is 40.8 Å². The number of hydrogen-bond acceptors (Lipinski definition) is 5. The molecule has 2 heterocycles. The Bertz CT molecular complexity index is 1040. The number of amides is 1. The fraction of sp³-hybridized carbons (Fsp3) is 0.211. The van der Waals surface area contributed by atoms with E-state index in [0.717, 1.165) is 16.4 Å². The van der Waals surface area contributed by atoms with Gasteiger partial charge in [-0.15, -0.1) is 5.10 Å². The smallest absolute Gasteiger partial charge is 0.237 e. The predicted molar refractivity (Wildman–Crippen MR) is 110 cm³/mol. The van der Waals surface area contributed by atoms with E-state index in [9.17, 15) is 9.18 Å². The Morgan fingerprint density at radius 3 is 2.81 bits per heavy atom. The first kappa shape index (κ1) is 18.3. The Morgan fingerprint density at radius 2 is 2.04 bits per heavy atom. The second kappa shape index (κ2) is 7.53. The lowest BCUT2D eigenvalue weighted by atomic mass is 10.1. The van der Waals surface area contributed by atoms with Crippen molar-refractivity contribution in [1.29, 1.82) is 0 Å². The Labute approximate surface area is 169 Å². The summed E-state index contributed by atoms with van der Waals surface area (Å²) >= 11 is 8.09. The van der Waals surface area contributed by atoms with Gasteiger partial charge in [0.1, 0.15) is 5.82 Å². The van der Waals surface area contributed by atoms with Gasteiger partial charge in [0.25, 0.3) is 0 Å². The first-order valence-corrected chi connectivity index (χ1v) is 10.6. The molecule has 0 radical (unpaired) electrons. The van der Waals surface area contributed by atoms with Crippen LogP contribution in [0.2, 0.25) is 0 Å². The van der Waals surface area contributed by atoms with E-state index in [1.807, 2.05) is 23.1 Å². The van der Waals surface area contributed by atoms with Gasteiger partial charge >= 0.3 is 0 Å². The highest BCUT2D eigenvalue weighted by Crippen LogP contribution is 2.33. The largest absolute Gasteiger partial charge is 0.308 e. The minimum Gasteiger partial charge on any atom is -0.308 e. The molecule has 27 heavy (non-hydrogen) atoms. The summed E-state index contributed by atoms with van der Waals surface area (Å²) in [5, 5.41) is 4.47. The van der Waals surface area contributed by atoms with Crippen LogP contribution in [0.4, 0.5) is 10.1 Å². The van der Waals surface area contributed by atoms with Crippen LogP contribution in [0.1, 0.15) is 12.5 Å². The van der Waals surface area contributed by atoms with E-state index in [2.05, 4.69) is 18.1 Å². The molecule has 0 saturated carbocycles. The van der Waals surface area contributed by atoms with Crippen LogP contribution in [0.5, 0.6) is 0 Å². The molecule has 0 aliphatic carbocycles. The van der Waals surface area contributed by atoms with Crippen LogP contribution in [0.15, 0.2) is 52.9 Å². The van der Waals surface area contributed by atoms with E-state index >= 15 is 0 Å². The Hall–Kier alpha value is -2.03. The third-order valence-electron chi connectivity index (χ3n) is 4.40. The monoisotopic (exact) mass is 417 g/mol. The number of nitrogens with zero attached hydrogens (tertiary/aromatic N) is 3. The van der Waals surface area contributed by atoms with Crippen molar-refractivity contribution in [3.8, 4) is 5.69 Å². The molecule has 2 aromatic carbocycles. The number of benzene rings is 2. The summed E-state index contributed by atoms with van der Waals surface area (Å²) in [5.74, 6) is 0.0531. The summed E-state index contributed by atoms with van der Waals surface area (Å²) < 4.78 is 16.0. The summed E-state index contributed by atoms with van der Waals surface area (Å²) in [7, 11) is 0. The maximum absolute atomic E-state index is 13.1. The Morgan fingerprint density at radius 1 is 1.30 bits per heavy atom. The average Bonchev–Trinajstić information content (AvgIpc) is 3.19. The van der Waals surface area contributed by atoms with Crippen molar-refractivity contribution in [2.24, 2.45) is 0 Å². The van der Waals surface area contributed by atoms with Gasteiger partial charge in [0.05, 0.1) is 11.4 Å². The molecule has 1 aromatic heterocycles. The topological polar surface area (TPSA) is 38.1 Å². The Balaban J connectivity index is 1.48. The molecule has 3 aromatic rings. The number of carbonyl (C=O) groups is 1. The van der Waals surface area contributed by atoms with Crippen LogP contribution in [0.25, 0.3) is 5.69 Å². The SMILES string of the molecule is CC1Cc2ccccc2N1C(=O)CSc1nn(-c2ccc(F)cc2)c(=S)s1. The Kier molecular flexibility index (Phi) is 5.12. The van der Waals surface area contributed by atoms with Crippen molar-refractivity contribution in [3.63, 3.8) is 0 Å². The quantitative estimate of drug-likeness (QED) is 0.448. The number of thioether (sulfide) groups is 1. The van der Waals surface area contributed by atoms with E-state index in [1.54, 1.807) is 16.8 Å². The van der Waals surface area contributed by atoms with Gasteiger partial charge in [0.2, 0.25) is 5.91 Å². The average molecular weight is 418 g/mol.